The third kappa shape index (κ3) is 5.70. The summed E-state index contributed by atoms with van der Waals surface area (Å²) in [4.78, 5) is 0. The Morgan fingerprint density at radius 1 is 1.32 bits per heavy atom. The van der Waals surface area contributed by atoms with Gasteiger partial charge in [0, 0.05) is 19.3 Å². The van der Waals surface area contributed by atoms with Crippen LogP contribution in [0.3, 0.4) is 0 Å². The van der Waals surface area contributed by atoms with E-state index >= 15 is 0 Å². The molecule has 0 aliphatic carbocycles. The molecule has 0 fully saturated rings. The molecule has 0 aromatic heterocycles. The van der Waals surface area contributed by atoms with Crippen LogP contribution in [0.25, 0.3) is 0 Å². The molecule has 1 unspecified atom stereocenters. The lowest BCUT2D eigenvalue weighted by atomic mass is 10.0. The van der Waals surface area contributed by atoms with Crippen molar-refractivity contribution in [3.05, 3.63) is 35.1 Å². The minimum absolute atomic E-state index is 0.120. The van der Waals surface area contributed by atoms with Gasteiger partial charge in [0.15, 0.2) is 0 Å². The molecule has 108 valence electrons. The number of hydrogen-bond acceptors (Lipinski definition) is 2. The van der Waals surface area contributed by atoms with Crippen molar-refractivity contribution in [1.29, 1.82) is 0 Å². The summed E-state index contributed by atoms with van der Waals surface area (Å²) in [5, 5.41) is 3.49. The average Bonchev–Trinajstić information content (AvgIpc) is 2.41. The fraction of sp³-hybridized carbons (Fsp3) is 0.625. The predicted molar refractivity (Wildman–Crippen MR) is 77.9 cm³/mol. The lowest BCUT2D eigenvalue weighted by Crippen LogP contribution is -2.22. The summed E-state index contributed by atoms with van der Waals surface area (Å²) in [6, 6.07) is 5.75. The van der Waals surface area contributed by atoms with E-state index in [1.54, 1.807) is 13.0 Å². The highest BCUT2D eigenvalue weighted by Gasteiger charge is 2.12. The number of halogens is 1. The van der Waals surface area contributed by atoms with Gasteiger partial charge in [0.2, 0.25) is 0 Å². The minimum atomic E-state index is -0.120. The van der Waals surface area contributed by atoms with Gasteiger partial charge in [-0.05, 0) is 56.8 Å². The van der Waals surface area contributed by atoms with Crippen LogP contribution in [-0.4, -0.2) is 19.8 Å². The Morgan fingerprint density at radius 2 is 2.11 bits per heavy atom. The van der Waals surface area contributed by atoms with Gasteiger partial charge in [-0.1, -0.05) is 19.1 Å². The predicted octanol–water partition coefficient (Wildman–Crippen LogP) is 3.99. The first-order valence-corrected chi connectivity index (χ1v) is 7.26. The van der Waals surface area contributed by atoms with Crippen molar-refractivity contribution in [2.45, 2.75) is 46.1 Å². The Labute approximate surface area is 116 Å². The second kappa shape index (κ2) is 9.05. The van der Waals surface area contributed by atoms with Gasteiger partial charge in [0.25, 0.3) is 0 Å². The van der Waals surface area contributed by atoms with E-state index in [1.807, 2.05) is 19.1 Å². The van der Waals surface area contributed by atoms with E-state index in [2.05, 4.69) is 12.2 Å². The van der Waals surface area contributed by atoms with E-state index in [-0.39, 0.29) is 11.9 Å². The molecule has 2 nitrogen and oxygen atoms in total. The number of hydrogen-bond donors (Lipinski definition) is 1. The molecule has 0 radical (unpaired) electrons. The van der Waals surface area contributed by atoms with Gasteiger partial charge < -0.3 is 10.1 Å². The maximum atomic E-state index is 13.7. The van der Waals surface area contributed by atoms with E-state index in [4.69, 9.17) is 4.74 Å². The smallest absolute Gasteiger partial charge is 0.126 e. The quantitative estimate of drug-likeness (QED) is 0.683. The molecule has 19 heavy (non-hydrogen) atoms. The molecule has 0 aliphatic rings. The summed E-state index contributed by atoms with van der Waals surface area (Å²) in [5.74, 6) is -0.120. The molecule has 1 N–H and O–H groups in total. The molecule has 0 bridgehead atoms. The monoisotopic (exact) mass is 267 g/mol. The van der Waals surface area contributed by atoms with Gasteiger partial charge in [0.1, 0.15) is 5.82 Å². The molecule has 0 saturated heterocycles. The number of ether oxygens (including phenoxy) is 1. The van der Waals surface area contributed by atoms with Crippen LogP contribution in [0.2, 0.25) is 0 Å². The Balaban J connectivity index is 2.63. The molecule has 3 heteroatoms. The zero-order chi connectivity index (χ0) is 14.1. The van der Waals surface area contributed by atoms with Gasteiger partial charge in [-0.2, -0.15) is 0 Å². The topological polar surface area (TPSA) is 21.3 Å². The fourth-order valence-corrected chi connectivity index (χ4v) is 2.06. The lowest BCUT2D eigenvalue weighted by molar-refractivity contribution is 0.141. The van der Waals surface area contributed by atoms with Gasteiger partial charge in [-0.25, -0.2) is 4.39 Å². The van der Waals surface area contributed by atoms with Crippen LogP contribution in [0.5, 0.6) is 0 Å². The Morgan fingerprint density at radius 3 is 2.74 bits per heavy atom. The first-order chi connectivity index (χ1) is 9.19. The SMILES string of the molecule is CCCNC(CCCOCC)c1ccc(C)c(F)c1. The van der Waals surface area contributed by atoms with Gasteiger partial charge in [-0.3, -0.25) is 0 Å². The standard InChI is InChI=1S/C16H26FNO/c1-4-10-18-16(7-6-11-19-5-2)14-9-8-13(3)15(17)12-14/h8-9,12,16,18H,4-7,10-11H2,1-3H3. The van der Waals surface area contributed by atoms with E-state index in [9.17, 15) is 4.39 Å². The molecule has 1 atom stereocenters. The van der Waals surface area contributed by atoms with Crippen molar-refractivity contribution in [2.75, 3.05) is 19.8 Å². The molecule has 1 aromatic carbocycles. The summed E-state index contributed by atoms with van der Waals surface area (Å²) in [7, 11) is 0. The maximum absolute atomic E-state index is 13.7. The van der Waals surface area contributed by atoms with Gasteiger partial charge in [0.05, 0.1) is 0 Å². The van der Waals surface area contributed by atoms with Crippen LogP contribution in [0, 0.1) is 12.7 Å². The second-order valence-corrected chi connectivity index (χ2v) is 4.85. The Kier molecular flexibility index (Phi) is 7.68. The molecule has 0 spiro atoms. The maximum Gasteiger partial charge on any atom is 0.126 e. The molecular weight excluding hydrogens is 241 g/mol. The zero-order valence-electron chi connectivity index (χ0n) is 12.3. The first-order valence-electron chi connectivity index (χ1n) is 7.26. The highest BCUT2D eigenvalue weighted by molar-refractivity contribution is 5.25. The molecule has 0 saturated carbocycles. The lowest BCUT2D eigenvalue weighted by Gasteiger charge is -2.19. The van der Waals surface area contributed by atoms with E-state index in [0.29, 0.717) is 5.56 Å². The van der Waals surface area contributed by atoms with Crippen LogP contribution < -0.4 is 5.32 Å². The molecule has 1 aromatic rings. The molecule has 0 aliphatic heterocycles. The van der Waals surface area contributed by atoms with E-state index < -0.39 is 0 Å². The molecule has 0 heterocycles. The molecule has 0 amide bonds. The van der Waals surface area contributed by atoms with Crippen LogP contribution in [0.4, 0.5) is 4.39 Å². The Hall–Kier alpha value is -0.930. The molecular formula is C16H26FNO. The van der Waals surface area contributed by atoms with Crippen LogP contribution >= 0.6 is 0 Å². The Bertz CT molecular complexity index is 368. The van der Waals surface area contributed by atoms with Crippen molar-refractivity contribution in [1.82, 2.24) is 5.32 Å². The van der Waals surface area contributed by atoms with Crippen molar-refractivity contribution in [2.24, 2.45) is 0 Å². The number of nitrogens with one attached hydrogen (secondary N) is 1. The summed E-state index contributed by atoms with van der Waals surface area (Å²) in [5.41, 5.74) is 1.74. The van der Waals surface area contributed by atoms with Crippen molar-refractivity contribution in [3.63, 3.8) is 0 Å². The van der Waals surface area contributed by atoms with Crippen LogP contribution in [-0.2, 0) is 4.74 Å². The van der Waals surface area contributed by atoms with Crippen molar-refractivity contribution in [3.8, 4) is 0 Å². The zero-order valence-corrected chi connectivity index (χ0v) is 12.3. The van der Waals surface area contributed by atoms with E-state index in [0.717, 1.165) is 44.6 Å². The summed E-state index contributed by atoms with van der Waals surface area (Å²) >= 11 is 0. The number of benzene rings is 1. The van der Waals surface area contributed by atoms with E-state index in [1.165, 1.54) is 0 Å². The second-order valence-electron chi connectivity index (χ2n) is 4.85. The van der Waals surface area contributed by atoms with Crippen LogP contribution in [0.1, 0.15) is 50.3 Å². The highest BCUT2D eigenvalue weighted by Crippen LogP contribution is 2.21. The largest absolute Gasteiger partial charge is 0.382 e. The van der Waals surface area contributed by atoms with Crippen molar-refractivity contribution >= 4 is 0 Å². The van der Waals surface area contributed by atoms with Gasteiger partial charge >= 0.3 is 0 Å². The summed E-state index contributed by atoms with van der Waals surface area (Å²) in [6.07, 6.45) is 3.05. The normalized spacial score (nSPS) is 12.6. The average molecular weight is 267 g/mol. The first kappa shape index (κ1) is 16.1. The van der Waals surface area contributed by atoms with Gasteiger partial charge in [-0.15, -0.1) is 0 Å². The molecule has 1 rings (SSSR count). The third-order valence-corrected chi connectivity index (χ3v) is 3.22. The van der Waals surface area contributed by atoms with Crippen molar-refractivity contribution < 1.29 is 9.13 Å². The third-order valence-electron chi connectivity index (χ3n) is 3.22. The summed E-state index contributed by atoms with van der Waals surface area (Å²) < 4.78 is 19.0. The highest BCUT2D eigenvalue weighted by atomic mass is 19.1. The minimum Gasteiger partial charge on any atom is -0.382 e. The fourth-order valence-electron chi connectivity index (χ4n) is 2.06. The van der Waals surface area contributed by atoms with Crippen LogP contribution in [0.15, 0.2) is 18.2 Å². The number of rotatable bonds is 9. The summed E-state index contributed by atoms with van der Waals surface area (Å²) in [6.45, 7) is 8.42. The number of aryl methyl sites for hydroxylation is 1.